The molecule has 0 aliphatic carbocycles. The van der Waals surface area contributed by atoms with Gasteiger partial charge in [-0.3, -0.25) is 0 Å². The highest BCUT2D eigenvalue weighted by Gasteiger charge is 2.33. The summed E-state index contributed by atoms with van der Waals surface area (Å²) in [6.45, 7) is 6.30. The minimum Gasteiger partial charge on any atom is -0.384 e. The Hall–Kier alpha value is -1.03. The largest absolute Gasteiger partial charge is 0.384 e. The van der Waals surface area contributed by atoms with Crippen LogP contribution in [0.2, 0.25) is 0 Å². The molecule has 2 unspecified atom stereocenters. The van der Waals surface area contributed by atoms with E-state index in [1.165, 1.54) is 5.56 Å². The highest BCUT2D eigenvalue weighted by Crippen LogP contribution is 2.26. The second-order valence-electron chi connectivity index (χ2n) is 5.74. The molecule has 2 atom stereocenters. The zero-order valence-electron chi connectivity index (χ0n) is 11.9. The number of hydrogen-bond donors (Lipinski definition) is 1. The average Bonchev–Trinajstić information content (AvgIpc) is 2.60. The maximum absolute atomic E-state index is 12.6. The minimum atomic E-state index is -3.06. The van der Waals surface area contributed by atoms with E-state index in [1.54, 1.807) is 0 Å². The zero-order chi connectivity index (χ0) is 14.0. The van der Waals surface area contributed by atoms with Gasteiger partial charge >= 0.3 is 0 Å². The highest BCUT2D eigenvalue weighted by atomic mass is 32.2. The lowest BCUT2D eigenvalue weighted by Gasteiger charge is -2.23. The molecule has 106 valence electrons. The lowest BCUT2D eigenvalue weighted by Crippen LogP contribution is -2.37. The van der Waals surface area contributed by atoms with Crippen molar-refractivity contribution < 1.29 is 8.42 Å². The van der Waals surface area contributed by atoms with Crippen molar-refractivity contribution in [2.75, 3.05) is 11.9 Å². The van der Waals surface area contributed by atoms with Crippen molar-refractivity contribution in [3.8, 4) is 0 Å². The first-order chi connectivity index (χ1) is 8.93. The van der Waals surface area contributed by atoms with Crippen LogP contribution in [-0.2, 0) is 16.3 Å². The van der Waals surface area contributed by atoms with Gasteiger partial charge in [0.05, 0.1) is 10.5 Å². The summed E-state index contributed by atoms with van der Waals surface area (Å²) in [6.07, 6.45) is 1.54. The van der Waals surface area contributed by atoms with Crippen LogP contribution in [0.1, 0.15) is 32.8 Å². The number of hydrogen-bond acceptors (Lipinski definition) is 3. The predicted octanol–water partition coefficient (Wildman–Crippen LogP) is 2.87. The Kier molecular flexibility index (Phi) is 4.19. The van der Waals surface area contributed by atoms with E-state index in [0.29, 0.717) is 13.0 Å². The smallest absolute Gasteiger partial charge is 0.157 e. The topological polar surface area (TPSA) is 46.2 Å². The molecule has 0 bridgehead atoms. The zero-order valence-corrected chi connectivity index (χ0v) is 12.7. The second kappa shape index (κ2) is 5.53. The number of para-hydroxylation sites is 1. The third kappa shape index (κ3) is 2.94. The van der Waals surface area contributed by atoms with Gasteiger partial charge in [0.1, 0.15) is 0 Å². The van der Waals surface area contributed by atoms with Gasteiger partial charge in [-0.2, -0.15) is 0 Å². The van der Waals surface area contributed by atoms with Gasteiger partial charge in [-0.1, -0.05) is 32.0 Å². The van der Waals surface area contributed by atoms with Crippen LogP contribution in [0.25, 0.3) is 0 Å². The van der Waals surface area contributed by atoms with Crippen molar-refractivity contribution in [3.63, 3.8) is 0 Å². The molecule has 1 aromatic carbocycles. The van der Waals surface area contributed by atoms with Gasteiger partial charge in [-0.05, 0) is 37.3 Å². The minimum absolute atomic E-state index is 0.163. The van der Waals surface area contributed by atoms with E-state index in [9.17, 15) is 8.42 Å². The van der Waals surface area contributed by atoms with Gasteiger partial charge in [0, 0.05) is 12.2 Å². The lowest BCUT2D eigenvalue weighted by atomic mass is 10.1. The van der Waals surface area contributed by atoms with Crippen molar-refractivity contribution in [3.05, 3.63) is 29.8 Å². The van der Waals surface area contributed by atoms with E-state index >= 15 is 0 Å². The summed E-state index contributed by atoms with van der Waals surface area (Å²) in [7, 11) is -3.06. The normalized spacial score (nSPS) is 21.4. The van der Waals surface area contributed by atoms with Gasteiger partial charge in [0.25, 0.3) is 0 Å². The third-order valence-electron chi connectivity index (χ3n) is 4.19. The molecule has 0 radical (unpaired) electrons. The van der Waals surface area contributed by atoms with Crippen molar-refractivity contribution in [1.29, 1.82) is 0 Å². The Bertz CT molecular complexity index is 510. The fourth-order valence-corrected chi connectivity index (χ4v) is 4.64. The van der Waals surface area contributed by atoms with Crippen LogP contribution < -0.4 is 5.32 Å². The summed E-state index contributed by atoms with van der Waals surface area (Å²) in [6, 6.07) is 8.09. The van der Waals surface area contributed by atoms with Gasteiger partial charge in [-0.15, -0.1) is 0 Å². The molecule has 1 aromatic rings. The molecule has 4 heteroatoms. The Morgan fingerprint density at radius 1 is 1.21 bits per heavy atom. The molecule has 0 amide bonds. The van der Waals surface area contributed by atoms with Gasteiger partial charge in [0.2, 0.25) is 0 Å². The van der Waals surface area contributed by atoms with Crippen LogP contribution >= 0.6 is 0 Å². The molecule has 1 aliphatic rings. The summed E-state index contributed by atoms with van der Waals surface area (Å²) in [5.41, 5.74) is 2.30. The van der Waals surface area contributed by atoms with E-state index in [2.05, 4.69) is 11.4 Å². The van der Waals surface area contributed by atoms with E-state index in [0.717, 1.165) is 12.1 Å². The highest BCUT2D eigenvalue weighted by molar-refractivity contribution is 7.92. The predicted molar refractivity (Wildman–Crippen MR) is 80.3 cm³/mol. The van der Waals surface area contributed by atoms with Crippen LogP contribution in [0.15, 0.2) is 24.3 Å². The molecule has 3 nitrogen and oxygen atoms in total. The molecular weight excluding hydrogens is 258 g/mol. The summed E-state index contributed by atoms with van der Waals surface area (Å²) < 4.78 is 25.2. The first kappa shape index (κ1) is 14.4. The number of benzene rings is 1. The van der Waals surface area contributed by atoms with Crippen LogP contribution in [0.5, 0.6) is 0 Å². The molecule has 0 fully saturated rings. The number of sulfone groups is 1. The summed E-state index contributed by atoms with van der Waals surface area (Å²) in [4.78, 5) is 0. The summed E-state index contributed by atoms with van der Waals surface area (Å²) in [5.74, 6) is 0.163. The number of fused-ring (bicyclic) bond motifs is 1. The van der Waals surface area contributed by atoms with Crippen molar-refractivity contribution in [1.82, 2.24) is 0 Å². The number of nitrogens with one attached hydrogen (secondary N) is 1. The van der Waals surface area contributed by atoms with Gasteiger partial charge in [-0.25, -0.2) is 8.42 Å². The van der Waals surface area contributed by atoms with Crippen LogP contribution in [0.3, 0.4) is 0 Å². The molecule has 1 N–H and O–H groups in total. The molecule has 1 heterocycles. The van der Waals surface area contributed by atoms with Gasteiger partial charge < -0.3 is 5.32 Å². The Balaban J connectivity index is 2.18. The summed E-state index contributed by atoms with van der Waals surface area (Å²) in [5, 5.41) is 2.74. The SMILES string of the molecule is CC(C)C(C)S(=O)(=O)C1CCc2ccccc2NC1. The first-order valence-electron chi connectivity index (χ1n) is 6.97. The fourth-order valence-electron chi connectivity index (χ4n) is 2.52. The lowest BCUT2D eigenvalue weighted by molar-refractivity contribution is 0.529. The van der Waals surface area contributed by atoms with Crippen molar-refractivity contribution >= 4 is 15.5 Å². The number of rotatable bonds is 3. The standard InChI is InChI=1S/C15H23NO2S/c1-11(2)12(3)19(17,18)14-9-8-13-6-4-5-7-15(13)16-10-14/h4-7,11-12,14,16H,8-10H2,1-3H3. The van der Waals surface area contributed by atoms with Crippen molar-refractivity contribution in [2.45, 2.75) is 44.1 Å². The maximum atomic E-state index is 12.6. The molecule has 19 heavy (non-hydrogen) atoms. The number of anilines is 1. The van der Waals surface area contributed by atoms with E-state index in [1.807, 2.05) is 39.0 Å². The van der Waals surface area contributed by atoms with E-state index < -0.39 is 9.84 Å². The molecule has 1 aliphatic heterocycles. The molecule has 0 spiro atoms. The first-order valence-corrected chi connectivity index (χ1v) is 8.58. The molecule has 0 saturated carbocycles. The Labute approximate surface area is 116 Å². The fraction of sp³-hybridized carbons (Fsp3) is 0.600. The summed E-state index contributed by atoms with van der Waals surface area (Å²) >= 11 is 0. The van der Waals surface area contributed by atoms with E-state index in [4.69, 9.17) is 0 Å². The molecule has 0 saturated heterocycles. The monoisotopic (exact) mass is 281 g/mol. The van der Waals surface area contributed by atoms with Crippen LogP contribution in [0, 0.1) is 5.92 Å². The average molecular weight is 281 g/mol. The Morgan fingerprint density at radius 2 is 1.89 bits per heavy atom. The molecule has 2 rings (SSSR count). The second-order valence-corrected chi connectivity index (χ2v) is 8.33. The quantitative estimate of drug-likeness (QED) is 0.926. The Morgan fingerprint density at radius 3 is 2.58 bits per heavy atom. The van der Waals surface area contributed by atoms with Crippen LogP contribution in [-0.4, -0.2) is 25.5 Å². The number of aryl methyl sites for hydroxylation is 1. The molecular formula is C15H23NO2S. The third-order valence-corrected chi connectivity index (χ3v) is 7.11. The van der Waals surface area contributed by atoms with Gasteiger partial charge in [0.15, 0.2) is 9.84 Å². The van der Waals surface area contributed by atoms with Crippen LogP contribution in [0.4, 0.5) is 5.69 Å². The maximum Gasteiger partial charge on any atom is 0.157 e. The molecule has 0 aromatic heterocycles. The van der Waals surface area contributed by atoms with E-state index in [-0.39, 0.29) is 16.4 Å². The van der Waals surface area contributed by atoms with Crippen molar-refractivity contribution in [2.24, 2.45) is 5.92 Å².